The van der Waals surface area contributed by atoms with Crippen LogP contribution in [0.15, 0.2) is 127 Å². The summed E-state index contributed by atoms with van der Waals surface area (Å²) in [6.45, 7) is 0. The molecule has 0 saturated carbocycles. The van der Waals surface area contributed by atoms with Crippen LogP contribution in [0.4, 0.5) is 0 Å². The van der Waals surface area contributed by atoms with Gasteiger partial charge in [0, 0.05) is 0 Å². The van der Waals surface area contributed by atoms with Crippen molar-refractivity contribution >= 4 is 39.2 Å². The summed E-state index contributed by atoms with van der Waals surface area (Å²) in [4.78, 5) is 0. The minimum atomic E-state index is -3.33. The van der Waals surface area contributed by atoms with Crippen LogP contribution in [0.3, 0.4) is 0 Å². The molecule has 0 N–H and O–H groups in total. The SMILES string of the molecule is ClP(C=Cc1ccccc1)(c1ccccc1)(c1ccccc1)c1ccccc1. The molecule has 0 amide bonds. The fourth-order valence-corrected chi connectivity index (χ4v) is 8.97. The summed E-state index contributed by atoms with van der Waals surface area (Å²) < 4.78 is 0. The molecule has 0 radical (unpaired) electrons. The first kappa shape index (κ1) is 18.7. The van der Waals surface area contributed by atoms with E-state index in [0.717, 1.165) is 21.5 Å². The molecule has 138 valence electrons. The Balaban J connectivity index is 2.08. The van der Waals surface area contributed by atoms with Crippen LogP contribution in [-0.2, 0) is 0 Å². The average molecular weight is 401 g/mol. The molecule has 0 saturated heterocycles. The van der Waals surface area contributed by atoms with Gasteiger partial charge in [-0.05, 0) is 0 Å². The molecular weight excluding hydrogens is 379 g/mol. The Bertz CT molecular complexity index is 959. The van der Waals surface area contributed by atoms with E-state index in [-0.39, 0.29) is 0 Å². The van der Waals surface area contributed by atoms with Crippen molar-refractivity contribution in [2.24, 2.45) is 0 Å². The van der Waals surface area contributed by atoms with Crippen molar-refractivity contribution in [1.82, 2.24) is 0 Å². The predicted molar refractivity (Wildman–Crippen MR) is 126 cm³/mol. The van der Waals surface area contributed by atoms with E-state index in [9.17, 15) is 0 Å². The summed E-state index contributed by atoms with van der Waals surface area (Å²) in [6, 6.07) is 41.8. The van der Waals surface area contributed by atoms with Gasteiger partial charge in [-0.2, -0.15) is 0 Å². The van der Waals surface area contributed by atoms with E-state index in [1.807, 2.05) is 24.3 Å². The van der Waals surface area contributed by atoms with Crippen LogP contribution in [0.25, 0.3) is 6.08 Å². The van der Waals surface area contributed by atoms with Gasteiger partial charge in [0.05, 0.1) is 0 Å². The van der Waals surface area contributed by atoms with Crippen LogP contribution < -0.4 is 15.9 Å². The summed E-state index contributed by atoms with van der Waals surface area (Å²) >= 11 is 7.97. The normalized spacial score (nSPS) is 13.1. The van der Waals surface area contributed by atoms with Crippen LogP contribution in [0, 0.1) is 0 Å². The first-order valence-electron chi connectivity index (χ1n) is 9.36. The second kappa shape index (κ2) is 7.76. The Kier molecular flexibility index (Phi) is 5.18. The maximum absolute atomic E-state index is 7.97. The maximum atomic E-state index is 7.97. The number of hydrogen-bond donors (Lipinski definition) is 0. The van der Waals surface area contributed by atoms with Gasteiger partial charge in [-0.15, -0.1) is 0 Å². The molecular formula is C26H22ClP. The van der Waals surface area contributed by atoms with Gasteiger partial charge in [-0.3, -0.25) is 0 Å². The molecule has 4 aromatic carbocycles. The van der Waals surface area contributed by atoms with Crippen LogP contribution in [0.2, 0.25) is 0 Å². The van der Waals surface area contributed by atoms with Crippen molar-refractivity contribution in [1.29, 1.82) is 0 Å². The molecule has 2 heteroatoms. The van der Waals surface area contributed by atoms with E-state index >= 15 is 0 Å². The minimum absolute atomic E-state index is 1.14. The van der Waals surface area contributed by atoms with Gasteiger partial charge in [0.25, 0.3) is 0 Å². The van der Waals surface area contributed by atoms with Crippen molar-refractivity contribution in [2.75, 3.05) is 0 Å². The molecule has 0 aliphatic heterocycles. The fourth-order valence-electron chi connectivity index (χ4n) is 3.65. The average Bonchev–Trinajstić information content (AvgIpc) is 2.80. The van der Waals surface area contributed by atoms with Gasteiger partial charge in [0.2, 0.25) is 0 Å². The first-order valence-corrected chi connectivity index (χ1v) is 12.6. The topological polar surface area (TPSA) is 0 Å². The van der Waals surface area contributed by atoms with E-state index in [4.69, 9.17) is 11.2 Å². The Hall–Kier alpha value is -2.66. The third-order valence-corrected chi connectivity index (χ3v) is 11.9. The summed E-state index contributed by atoms with van der Waals surface area (Å²) in [5.74, 6) is -1.08. The number of hydrogen-bond acceptors (Lipinski definition) is 0. The van der Waals surface area contributed by atoms with Crippen molar-refractivity contribution in [3.8, 4) is 0 Å². The molecule has 0 aliphatic carbocycles. The monoisotopic (exact) mass is 400 g/mol. The van der Waals surface area contributed by atoms with Gasteiger partial charge < -0.3 is 0 Å². The van der Waals surface area contributed by atoms with Crippen molar-refractivity contribution in [3.63, 3.8) is 0 Å². The molecule has 0 aromatic heterocycles. The van der Waals surface area contributed by atoms with Crippen LogP contribution in [0.5, 0.6) is 0 Å². The molecule has 28 heavy (non-hydrogen) atoms. The zero-order chi connectivity index (χ0) is 19.3. The van der Waals surface area contributed by atoms with E-state index in [0.29, 0.717) is 0 Å². The van der Waals surface area contributed by atoms with Crippen molar-refractivity contribution in [2.45, 2.75) is 0 Å². The first-order chi connectivity index (χ1) is 13.7. The summed E-state index contributed by atoms with van der Waals surface area (Å²) in [7, 11) is 0. The Labute approximate surface area is 171 Å². The molecule has 0 atom stereocenters. The van der Waals surface area contributed by atoms with Gasteiger partial charge in [-0.1, -0.05) is 0 Å². The number of benzene rings is 4. The number of rotatable bonds is 5. The zero-order valence-electron chi connectivity index (χ0n) is 15.5. The van der Waals surface area contributed by atoms with Crippen molar-refractivity contribution in [3.05, 3.63) is 133 Å². The molecule has 0 heterocycles. The van der Waals surface area contributed by atoms with Gasteiger partial charge >= 0.3 is 172 Å². The van der Waals surface area contributed by atoms with Gasteiger partial charge in [0.15, 0.2) is 0 Å². The van der Waals surface area contributed by atoms with Crippen LogP contribution >= 0.6 is 17.2 Å². The van der Waals surface area contributed by atoms with Crippen LogP contribution in [0.1, 0.15) is 5.56 Å². The van der Waals surface area contributed by atoms with E-state index in [1.54, 1.807) is 0 Å². The van der Waals surface area contributed by atoms with Crippen LogP contribution in [-0.4, -0.2) is 0 Å². The molecule has 0 bridgehead atoms. The molecule has 0 aliphatic rings. The Morgan fingerprint density at radius 3 is 1.14 bits per heavy atom. The van der Waals surface area contributed by atoms with E-state index in [2.05, 4.69) is 109 Å². The van der Waals surface area contributed by atoms with Gasteiger partial charge in [-0.25, -0.2) is 0 Å². The van der Waals surface area contributed by atoms with E-state index in [1.165, 1.54) is 0 Å². The molecule has 0 nitrogen and oxygen atoms in total. The molecule has 0 fully saturated rings. The van der Waals surface area contributed by atoms with E-state index < -0.39 is 5.96 Å². The summed E-state index contributed by atoms with van der Waals surface area (Å²) in [5.41, 5.74) is 1.14. The Morgan fingerprint density at radius 2 is 0.786 bits per heavy atom. The third-order valence-electron chi connectivity index (χ3n) is 5.13. The quantitative estimate of drug-likeness (QED) is 0.343. The summed E-state index contributed by atoms with van der Waals surface area (Å²) in [5, 5.41) is 3.42. The van der Waals surface area contributed by atoms with Gasteiger partial charge in [0.1, 0.15) is 0 Å². The second-order valence-electron chi connectivity index (χ2n) is 6.81. The molecule has 0 spiro atoms. The molecule has 4 rings (SSSR count). The standard InChI is InChI=1S/C26H22ClP/c27-28(24-15-7-2-8-16-24,25-17-9-3-10-18-25,26-19-11-4-12-20-26)22-21-23-13-5-1-6-14-23/h1-22H. The Morgan fingerprint density at radius 1 is 0.464 bits per heavy atom. The third kappa shape index (κ3) is 3.20. The zero-order valence-corrected chi connectivity index (χ0v) is 17.2. The summed E-state index contributed by atoms with van der Waals surface area (Å²) in [6.07, 6.45) is 2.16. The van der Waals surface area contributed by atoms with Crippen molar-refractivity contribution < 1.29 is 0 Å². The second-order valence-corrected chi connectivity index (χ2v) is 12.9. The molecule has 4 aromatic rings. The fraction of sp³-hybridized carbons (Fsp3) is 0. The predicted octanol–water partition coefficient (Wildman–Crippen LogP) is 6.34. The number of halogens is 1. The molecule has 0 unspecified atom stereocenters.